The molecule has 19 heavy (non-hydrogen) atoms. The third-order valence-electron chi connectivity index (χ3n) is 6.07. The van der Waals surface area contributed by atoms with E-state index < -0.39 is 0 Å². The topological polar surface area (TPSA) is 29.1 Å². The highest BCUT2D eigenvalue weighted by Crippen LogP contribution is 2.53. The lowest BCUT2D eigenvalue weighted by Crippen LogP contribution is -2.39. The van der Waals surface area contributed by atoms with E-state index in [2.05, 4.69) is 23.5 Å². The minimum atomic E-state index is 0.293. The number of hydrogen-bond acceptors (Lipinski definition) is 1. The van der Waals surface area contributed by atoms with Crippen LogP contribution >= 0.6 is 0 Å². The Bertz CT molecular complexity index is 450. The molecule has 2 heteroatoms. The van der Waals surface area contributed by atoms with Gasteiger partial charge >= 0.3 is 0 Å². The van der Waals surface area contributed by atoms with Crippen molar-refractivity contribution in [1.29, 1.82) is 0 Å². The third kappa shape index (κ3) is 1.87. The molecule has 0 bridgehead atoms. The molecular weight excluding hydrogens is 234 g/mol. The van der Waals surface area contributed by atoms with Crippen molar-refractivity contribution in [3.05, 3.63) is 23.8 Å². The molecule has 0 aromatic heterocycles. The van der Waals surface area contributed by atoms with E-state index in [-0.39, 0.29) is 0 Å². The molecule has 4 aliphatic rings. The Kier molecular flexibility index (Phi) is 2.78. The predicted octanol–water partition coefficient (Wildman–Crippen LogP) is 3.06. The highest BCUT2D eigenvalue weighted by Gasteiger charge is 2.45. The maximum atomic E-state index is 11.7. The van der Waals surface area contributed by atoms with Crippen LogP contribution in [0.1, 0.15) is 38.5 Å². The molecule has 0 spiro atoms. The van der Waals surface area contributed by atoms with Crippen molar-refractivity contribution in [1.82, 2.24) is 5.32 Å². The van der Waals surface area contributed by atoms with Crippen molar-refractivity contribution in [2.24, 2.45) is 29.6 Å². The molecule has 3 aliphatic carbocycles. The van der Waals surface area contributed by atoms with Gasteiger partial charge < -0.3 is 5.32 Å². The van der Waals surface area contributed by atoms with Crippen LogP contribution in [0.3, 0.4) is 0 Å². The molecule has 1 amide bonds. The number of nitrogens with one attached hydrogen (secondary N) is 1. The van der Waals surface area contributed by atoms with Gasteiger partial charge in [0.05, 0.1) is 0 Å². The van der Waals surface area contributed by atoms with Crippen molar-refractivity contribution in [3.63, 3.8) is 0 Å². The maximum Gasteiger partial charge on any atom is 0.220 e. The Labute approximate surface area is 115 Å². The summed E-state index contributed by atoms with van der Waals surface area (Å²) in [7, 11) is 0. The minimum absolute atomic E-state index is 0.293. The van der Waals surface area contributed by atoms with Gasteiger partial charge in [0.25, 0.3) is 0 Å². The van der Waals surface area contributed by atoms with Gasteiger partial charge in [-0.2, -0.15) is 0 Å². The number of carbonyl (C=O) groups is 1. The summed E-state index contributed by atoms with van der Waals surface area (Å²) < 4.78 is 0. The number of allylic oxidation sites excluding steroid dienone is 4. The van der Waals surface area contributed by atoms with Gasteiger partial charge in [-0.15, -0.1) is 0 Å². The Balaban J connectivity index is 1.59. The van der Waals surface area contributed by atoms with Crippen molar-refractivity contribution in [2.45, 2.75) is 38.5 Å². The standard InChI is InChI=1S/C17H23NO/c19-17-10-12-5-7-15-13-3-1-2-11(13)4-6-16(15)14(12)8-9-18-17/h1-3,11-12,14-16H,4-10H2,(H,18,19). The summed E-state index contributed by atoms with van der Waals surface area (Å²) in [6, 6.07) is 0. The van der Waals surface area contributed by atoms with Crippen LogP contribution in [-0.2, 0) is 4.79 Å². The molecule has 102 valence electrons. The Morgan fingerprint density at radius 3 is 2.95 bits per heavy atom. The van der Waals surface area contributed by atoms with Crippen molar-refractivity contribution >= 4 is 5.91 Å². The van der Waals surface area contributed by atoms with Gasteiger partial charge in [-0.3, -0.25) is 4.79 Å². The first-order valence-electron chi connectivity index (χ1n) is 7.98. The summed E-state index contributed by atoms with van der Waals surface area (Å²) in [5.74, 6) is 4.18. The molecule has 5 unspecified atom stereocenters. The number of amides is 1. The first-order valence-corrected chi connectivity index (χ1v) is 7.98. The number of fused-ring (bicyclic) bond motifs is 5. The molecule has 3 fully saturated rings. The number of hydrogen-bond donors (Lipinski definition) is 1. The molecule has 0 radical (unpaired) electrons. The molecular formula is C17H23NO. The molecule has 1 saturated heterocycles. The van der Waals surface area contributed by atoms with E-state index in [1.807, 2.05) is 0 Å². The first kappa shape index (κ1) is 11.7. The molecule has 0 aromatic rings. The van der Waals surface area contributed by atoms with Gasteiger partial charge in [-0.1, -0.05) is 23.8 Å². The molecule has 2 saturated carbocycles. The quantitative estimate of drug-likeness (QED) is 0.710. The van der Waals surface area contributed by atoms with Crippen LogP contribution < -0.4 is 5.32 Å². The largest absolute Gasteiger partial charge is 0.356 e. The van der Waals surface area contributed by atoms with E-state index in [0.717, 1.165) is 36.6 Å². The molecule has 1 heterocycles. The molecule has 5 atom stereocenters. The summed E-state index contributed by atoms with van der Waals surface area (Å²) >= 11 is 0. The molecule has 4 rings (SSSR count). The molecule has 0 aromatic carbocycles. The normalized spacial score (nSPS) is 44.5. The van der Waals surface area contributed by atoms with Gasteiger partial charge in [-0.05, 0) is 61.7 Å². The number of carbonyl (C=O) groups excluding carboxylic acids is 1. The Hall–Kier alpha value is -1.05. The van der Waals surface area contributed by atoms with E-state index in [1.54, 1.807) is 5.57 Å². The lowest BCUT2D eigenvalue weighted by Gasteiger charge is -2.47. The summed E-state index contributed by atoms with van der Waals surface area (Å²) in [4.78, 5) is 11.7. The zero-order valence-electron chi connectivity index (χ0n) is 11.5. The average molecular weight is 257 g/mol. The van der Waals surface area contributed by atoms with Gasteiger partial charge in [0.2, 0.25) is 5.91 Å². The zero-order chi connectivity index (χ0) is 12.8. The lowest BCUT2D eigenvalue weighted by atomic mass is 9.57. The van der Waals surface area contributed by atoms with Gasteiger partial charge in [0.15, 0.2) is 0 Å². The van der Waals surface area contributed by atoms with Crippen LogP contribution in [0.25, 0.3) is 0 Å². The van der Waals surface area contributed by atoms with Crippen molar-refractivity contribution in [3.8, 4) is 0 Å². The Morgan fingerprint density at radius 2 is 2.00 bits per heavy atom. The molecule has 2 nitrogen and oxygen atoms in total. The lowest BCUT2D eigenvalue weighted by molar-refractivity contribution is -0.122. The number of rotatable bonds is 0. The molecule has 1 N–H and O–H groups in total. The van der Waals surface area contributed by atoms with Gasteiger partial charge in [0.1, 0.15) is 0 Å². The third-order valence-corrected chi connectivity index (χ3v) is 6.07. The minimum Gasteiger partial charge on any atom is -0.356 e. The van der Waals surface area contributed by atoms with Crippen LogP contribution in [-0.4, -0.2) is 12.5 Å². The van der Waals surface area contributed by atoms with E-state index in [4.69, 9.17) is 0 Å². The van der Waals surface area contributed by atoms with E-state index in [9.17, 15) is 4.79 Å². The maximum absolute atomic E-state index is 11.7. The van der Waals surface area contributed by atoms with Gasteiger partial charge in [0, 0.05) is 13.0 Å². The zero-order valence-corrected chi connectivity index (χ0v) is 11.5. The van der Waals surface area contributed by atoms with Gasteiger partial charge in [-0.25, -0.2) is 0 Å². The van der Waals surface area contributed by atoms with E-state index >= 15 is 0 Å². The summed E-state index contributed by atoms with van der Waals surface area (Å²) in [6.07, 6.45) is 14.4. The fourth-order valence-electron chi connectivity index (χ4n) is 5.26. The second kappa shape index (κ2) is 4.50. The smallest absolute Gasteiger partial charge is 0.220 e. The second-order valence-electron chi connectivity index (χ2n) is 6.85. The fourth-order valence-corrected chi connectivity index (χ4v) is 5.26. The van der Waals surface area contributed by atoms with Crippen molar-refractivity contribution < 1.29 is 4.79 Å². The summed E-state index contributed by atoms with van der Waals surface area (Å²) in [5.41, 5.74) is 1.72. The first-order chi connectivity index (χ1) is 9.33. The highest BCUT2D eigenvalue weighted by atomic mass is 16.1. The monoisotopic (exact) mass is 257 g/mol. The van der Waals surface area contributed by atoms with E-state index in [0.29, 0.717) is 11.8 Å². The Morgan fingerprint density at radius 1 is 1.05 bits per heavy atom. The fraction of sp³-hybridized carbons (Fsp3) is 0.706. The summed E-state index contributed by atoms with van der Waals surface area (Å²) in [6.45, 7) is 0.907. The average Bonchev–Trinajstić information content (AvgIpc) is 2.80. The second-order valence-corrected chi connectivity index (χ2v) is 6.85. The van der Waals surface area contributed by atoms with Crippen LogP contribution in [0.15, 0.2) is 23.8 Å². The summed E-state index contributed by atoms with van der Waals surface area (Å²) in [5, 5.41) is 3.08. The van der Waals surface area contributed by atoms with Crippen LogP contribution in [0.4, 0.5) is 0 Å². The SMILES string of the molecule is O=C1CC2CCC3C4=CC=CC4CCC3C2CCN1. The van der Waals surface area contributed by atoms with E-state index in [1.165, 1.54) is 32.1 Å². The highest BCUT2D eigenvalue weighted by molar-refractivity contribution is 5.76. The predicted molar refractivity (Wildman–Crippen MR) is 75.4 cm³/mol. The van der Waals surface area contributed by atoms with Crippen LogP contribution in [0.5, 0.6) is 0 Å². The molecule has 1 aliphatic heterocycles. The van der Waals surface area contributed by atoms with Crippen LogP contribution in [0, 0.1) is 29.6 Å². The van der Waals surface area contributed by atoms with Crippen LogP contribution in [0.2, 0.25) is 0 Å². The van der Waals surface area contributed by atoms with Crippen molar-refractivity contribution in [2.75, 3.05) is 6.54 Å².